The number of unbranched alkanes of at least 4 members (excludes halogenated alkanes) is 9. The molecule has 0 radical (unpaired) electrons. The second-order valence-electron chi connectivity index (χ2n) is 8.32. The number of carbonyl (C=O) groups excluding carboxylic acids is 1. The van der Waals surface area contributed by atoms with Crippen molar-refractivity contribution >= 4 is 11.5 Å². The quantitative estimate of drug-likeness (QED) is 0.159. The van der Waals surface area contributed by atoms with Crippen LogP contribution in [-0.4, -0.2) is 24.0 Å². The van der Waals surface area contributed by atoms with Crippen molar-refractivity contribution in [1.82, 2.24) is 0 Å². The average molecular weight is 441 g/mol. The first-order valence-electron chi connectivity index (χ1n) is 12.3. The first-order chi connectivity index (χ1) is 15.7. The van der Waals surface area contributed by atoms with Gasteiger partial charge in [0.25, 0.3) is 0 Å². The Morgan fingerprint density at radius 3 is 2.25 bits per heavy atom. The topological polar surface area (TPSA) is 55.8 Å². The van der Waals surface area contributed by atoms with Crippen LogP contribution in [-0.2, 0) is 9.53 Å². The Balaban J connectivity index is 1.48. The Morgan fingerprint density at radius 1 is 0.906 bits per heavy atom. The van der Waals surface area contributed by atoms with E-state index in [1.54, 1.807) is 0 Å². The molecule has 0 fully saturated rings. The van der Waals surface area contributed by atoms with Crippen molar-refractivity contribution in [2.45, 2.75) is 90.3 Å². The van der Waals surface area contributed by atoms with Gasteiger partial charge in [0, 0.05) is 17.2 Å². The predicted molar refractivity (Wildman–Crippen MR) is 131 cm³/mol. The van der Waals surface area contributed by atoms with Gasteiger partial charge in [-0.25, -0.2) is 4.79 Å². The zero-order chi connectivity index (χ0) is 22.9. The fraction of sp³-hybridized carbons (Fsp3) is 0.536. The number of para-hydroxylation sites is 1. The monoisotopic (exact) mass is 440 g/mol. The first-order valence-corrected chi connectivity index (χ1v) is 12.3. The third-order valence-electron chi connectivity index (χ3n) is 5.57. The van der Waals surface area contributed by atoms with Crippen LogP contribution in [0.5, 0.6) is 5.75 Å². The largest absolute Gasteiger partial charge is 0.493 e. The average Bonchev–Trinajstić information content (AvgIpc) is 3.13. The minimum Gasteiger partial charge on any atom is -0.493 e. The molecule has 1 unspecified atom stereocenters. The van der Waals surface area contributed by atoms with Crippen molar-refractivity contribution in [2.75, 3.05) is 6.61 Å². The summed E-state index contributed by atoms with van der Waals surface area (Å²) in [5, 5.41) is 9.88. The van der Waals surface area contributed by atoms with E-state index in [9.17, 15) is 9.90 Å². The number of esters is 1. The van der Waals surface area contributed by atoms with Crippen LogP contribution in [0.2, 0.25) is 0 Å². The maximum absolute atomic E-state index is 11.4. The number of cyclic esters (lactones) is 1. The Hall–Kier alpha value is -2.33. The normalized spacial score (nSPS) is 16.1. The molecule has 1 aliphatic rings. The van der Waals surface area contributed by atoms with Gasteiger partial charge in [0.15, 0.2) is 0 Å². The van der Waals surface area contributed by atoms with Crippen LogP contribution >= 0.6 is 0 Å². The van der Waals surface area contributed by atoms with Gasteiger partial charge in [-0.15, -0.1) is 0 Å². The van der Waals surface area contributed by atoms with E-state index >= 15 is 0 Å². The molecule has 1 N–H and O–H groups in total. The standard InChI is InChI=1S/C28H40O4/c1-2-3-4-5-6-7-8-9-10-11-12-13-14-15-16-19-22-31-26-21-18-17-20-24(26)25-23-27(29)32-28(25)30/h6-7,9-10,17-18,20-21,23,28,30H,2-5,8,11-16,19,22H2,1H3. The van der Waals surface area contributed by atoms with Gasteiger partial charge >= 0.3 is 5.97 Å². The second-order valence-corrected chi connectivity index (χ2v) is 8.32. The molecule has 1 atom stereocenters. The van der Waals surface area contributed by atoms with Crippen LogP contribution in [0, 0.1) is 0 Å². The Morgan fingerprint density at radius 2 is 1.56 bits per heavy atom. The first kappa shape index (κ1) is 25.9. The molecular formula is C28H40O4. The Kier molecular flexibility index (Phi) is 13.2. The molecule has 1 aromatic carbocycles. The number of aliphatic hydroxyl groups is 1. The second kappa shape index (κ2) is 16.3. The molecule has 0 spiro atoms. The van der Waals surface area contributed by atoms with Gasteiger partial charge in [-0.1, -0.05) is 88.0 Å². The lowest BCUT2D eigenvalue weighted by Crippen LogP contribution is -2.10. The Labute approximate surface area is 194 Å². The van der Waals surface area contributed by atoms with Crippen LogP contribution in [0.15, 0.2) is 54.6 Å². The highest BCUT2D eigenvalue weighted by Crippen LogP contribution is 2.31. The third kappa shape index (κ3) is 10.3. The number of rotatable bonds is 17. The van der Waals surface area contributed by atoms with Crippen molar-refractivity contribution in [3.05, 3.63) is 60.2 Å². The molecule has 4 nitrogen and oxygen atoms in total. The molecule has 1 aliphatic heterocycles. The van der Waals surface area contributed by atoms with Gasteiger partial charge in [0.2, 0.25) is 6.29 Å². The fourth-order valence-electron chi connectivity index (χ4n) is 3.72. The third-order valence-corrected chi connectivity index (χ3v) is 5.57. The van der Waals surface area contributed by atoms with E-state index in [0.717, 1.165) is 19.3 Å². The summed E-state index contributed by atoms with van der Waals surface area (Å²) in [7, 11) is 0. The molecule has 0 amide bonds. The lowest BCUT2D eigenvalue weighted by molar-refractivity contribution is -0.149. The summed E-state index contributed by atoms with van der Waals surface area (Å²) in [5.41, 5.74) is 1.17. The molecule has 0 aromatic heterocycles. The number of allylic oxidation sites excluding steroid dienone is 4. The SMILES string of the molecule is CCCCCC=CCC=CCCCCCCCCOc1ccccc1C1=CC(=O)OC1O. The molecule has 0 saturated heterocycles. The molecule has 0 bridgehead atoms. The fourth-order valence-corrected chi connectivity index (χ4v) is 3.72. The summed E-state index contributed by atoms with van der Waals surface area (Å²) in [6, 6.07) is 7.45. The summed E-state index contributed by atoms with van der Waals surface area (Å²) in [6.07, 6.45) is 23.9. The van der Waals surface area contributed by atoms with Gasteiger partial charge < -0.3 is 14.6 Å². The molecule has 176 valence electrons. The van der Waals surface area contributed by atoms with Crippen molar-refractivity contribution in [3.63, 3.8) is 0 Å². The minimum absolute atomic E-state index is 0.461. The highest BCUT2D eigenvalue weighted by atomic mass is 16.6. The maximum atomic E-state index is 11.4. The van der Waals surface area contributed by atoms with Crippen LogP contribution in [0.25, 0.3) is 5.57 Å². The van der Waals surface area contributed by atoms with E-state index in [4.69, 9.17) is 9.47 Å². The molecule has 1 heterocycles. The highest BCUT2D eigenvalue weighted by molar-refractivity contribution is 5.97. The van der Waals surface area contributed by atoms with E-state index in [0.29, 0.717) is 23.5 Å². The lowest BCUT2D eigenvalue weighted by atomic mass is 10.0. The number of benzene rings is 1. The van der Waals surface area contributed by atoms with E-state index in [1.165, 1.54) is 63.9 Å². The molecule has 1 aromatic rings. The van der Waals surface area contributed by atoms with Crippen LogP contribution in [0.3, 0.4) is 0 Å². The number of hydrogen-bond acceptors (Lipinski definition) is 4. The summed E-state index contributed by atoms with van der Waals surface area (Å²) < 4.78 is 10.7. The predicted octanol–water partition coefficient (Wildman–Crippen LogP) is 7.14. The summed E-state index contributed by atoms with van der Waals surface area (Å²) in [5.74, 6) is 0.158. The van der Waals surface area contributed by atoms with E-state index in [1.807, 2.05) is 24.3 Å². The van der Waals surface area contributed by atoms with Crippen molar-refractivity contribution in [2.24, 2.45) is 0 Å². The van der Waals surface area contributed by atoms with Gasteiger partial charge in [-0.05, 0) is 44.6 Å². The molecular weight excluding hydrogens is 400 g/mol. The molecule has 0 saturated carbocycles. The Bertz CT molecular complexity index is 748. The summed E-state index contributed by atoms with van der Waals surface area (Å²) in [4.78, 5) is 11.4. The zero-order valence-corrected chi connectivity index (χ0v) is 19.6. The molecule has 4 heteroatoms. The van der Waals surface area contributed by atoms with E-state index < -0.39 is 12.3 Å². The number of carbonyl (C=O) groups is 1. The minimum atomic E-state index is -1.21. The van der Waals surface area contributed by atoms with Crippen LogP contribution < -0.4 is 4.74 Å². The molecule has 32 heavy (non-hydrogen) atoms. The number of hydrogen-bond donors (Lipinski definition) is 1. The summed E-state index contributed by atoms with van der Waals surface area (Å²) in [6.45, 7) is 2.87. The van der Waals surface area contributed by atoms with Gasteiger partial charge in [0.1, 0.15) is 5.75 Å². The van der Waals surface area contributed by atoms with Crippen molar-refractivity contribution in [3.8, 4) is 5.75 Å². The summed E-state index contributed by atoms with van der Waals surface area (Å²) >= 11 is 0. The smallest absolute Gasteiger partial charge is 0.333 e. The van der Waals surface area contributed by atoms with Gasteiger partial charge in [-0.2, -0.15) is 0 Å². The number of ether oxygens (including phenoxy) is 2. The maximum Gasteiger partial charge on any atom is 0.333 e. The van der Waals surface area contributed by atoms with Crippen LogP contribution in [0.1, 0.15) is 89.5 Å². The highest BCUT2D eigenvalue weighted by Gasteiger charge is 2.26. The van der Waals surface area contributed by atoms with E-state index in [2.05, 4.69) is 31.2 Å². The van der Waals surface area contributed by atoms with Crippen LogP contribution in [0.4, 0.5) is 0 Å². The van der Waals surface area contributed by atoms with Gasteiger partial charge in [0.05, 0.1) is 6.61 Å². The molecule has 0 aliphatic carbocycles. The van der Waals surface area contributed by atoms with Crippen molar-refractivity contribution in [1.29, 1.82) is 0 Å². The van der Waals surface area contributed by atoms with E-state index in [-0.39, 0.29) is 0 Å². The zero-order valence-electron chi connectivity index (χ0n) is 19.6. The molecule has 2 rings (SSSR count). The van der Waals surface area contributed by atoms with Crippen molar-refractivity contribution < 1.29 is 19.4 Å². The number of aliphatic hydroxyl groups excluding tert-OH is 1. The lowest BCUT2D eigenvalue weighted by Gasteiger charge is -2.13. The van der Waals surface area contributed by atoms with Gasteiger partial charge in [-0.3, -0.25) is 0 Å².